The lowest BCUT2D eigenvalue weighted by Gasteiger charge is -2.26. The lowest BCUT2D eigenvalue weighted by Crippen LogP contribution is -2.44. The van der Waals surface area contributed by atoms with E-state index in [9.17, 15) is 19.5 Å². The van der Waals surface area contributed by atoms with Gasteiger partial charge in [-0.05, 0) is 122 Å². The van der Waals surface area contributed by atoms with Gasteiger partial charge in [0.1, 0.15) is 13.2 Å². The number of hydrogen-bond donors (Lipinski definition) is 0. The molecule has 9 nitrogen and oxygen atoms in total. The first-order valence-corrected chi connectivity index (χ1v) is 29.6. The molecule has 0 aromatic carbocycles. The van der Waals surface area contributed by atoms with Crippen LogP contribution < -0.4 is 5.11 Å². The summed E-state index contributed by atoms with van der Waals surface area (Å²) in [5, 5.41) is 11.8. The van der Waals surface area contributed by atoms with E-state index in [1.54, 1.807) is 0 Å². The fourth-order valence-corrected chi connectivity index (χ4v) is 7.28. The Hall–Kier alpha value is -5.09. The van der Waals surface area contributed by atoms with Crippen molar-refractivity contribution in [3.8, 4) is 0 Å². The number of nitrogens with zero attached hydrogens (tertiary/aromatic N) is 1. The van der Waals surface area contributed by atoms with Crippen LogP contribution in [0, 0.1) is 0 Å². The molecule has 0 spiro atoms. The normalized spacial score (nSPS) is 13.9. The van der Waals surface area contributed by atoms with Gasteiger partial charge in [0.15, 0.2) is 12.4 Å². The summed E-state index contributed by atoms with van der Waals surface area (Å²) in [6.07, 6.45) is 81.4. The van der Waals surface area contributed by atoms with Gasteiger partial charge in [-0.15, -0.1) is 0 Å². The van der Waals surface area contributed by atoms with Crippen LogP contribution in [0.2, 0.25) is 0 Å². The second-order valence-corrected chi connectivity index (χ2v) is 20.2. The number of rotatable bonds is 52. The molecule has 77 heavy (non-hydrogen) atoms. The molecule has 0 rings (SSSR count). The van der Waals surface area contributed by atoms with Crippen molar-refractivity contribution in [2.45, 2.75) is 206 Å². The highest BCUT2D eigenvalue weighted by Gasteiger charge is 2.22. The summed E-state index contributed by atoms with van der Waals surface area (Å²) < 4.78 is 22.7. The molecular formula is C68H107NO8. The van der Waals surface area contributed by atoms with Gasteiger partial charge in [0.25, 0.3) is 0 Å². The summed E-state index contributed by atoms with van der Waals surface area (Å²) in [5.74, 6) is -2.36. The number of hydrogen-bond acceptors (Lipinski definition) is 8. The van der Waals surface area contributed by atoms with E-state index in [0.717, 1.165) is 141 Å². The van der Waals surface area contributed by atoms with Crippen LogP contribution in [0.1, 0.15) is 194 Å². The van der Waals surface area contributed by atoms with Crippen LogP contribution in [0.15, 0.2) is 158 Å². The van der Waals surface area contributed by atoms with Gasteiger partial charge in [-0.1, -0.05) is 217 Å². The Kier molecular flexibility index (Phi) is 53.3. The molecule has 0 fully saturated rings. The molecule has 0 bridgehead atoms. The van der Waals surface area contributed by atoms with Crippen molar-refractivity contribution >= 4 is 17.9 Å². The summed E-state index contributed by atoms with van der Waals surface area (Å²) in [6.45, 7) is 4.44. The van der Waals surface area contributed by atoms with Gasteiger partial charge in [0.05, 0.1) is 40.3 Å². The summed E-state index contributed by atoms with van der Waals surface area (Å²) in [7, 11) is 5.89. The third kappa shape index (κ3) is 58.4. The van der Waals surface area contributed by atoms with Crippen LogP contribution in [0.25, 0.3) is 0 Å². The number of ether oxygens (including phenoxy) is 4. The summed E-state index contributed by atoms with van der Waals surface area (Å²) in [6, 6.07) is 0. The Balaban J connectivity index is 4.37. The molecule has 2 atom stereocenters. The van der Waals surface area contributed by atoms with E-state index in [1.807, 2.05) is 21.1 Å². The van der Waals surface area contributed by atoms with Crippen LogP contribution in [-0.4, -0.2) is 82.3 Å². The predicted octanol–water partition coefficient (Wildman–Crippen LogP) is 16.4. The molecule has 0 saturated carbocycles. The molecule has 0 aromatic rings. The lowest BCUT2D eigenvalue weighted by molar-refractivity contribution is -0.870. The van der Waals surface area contributed by atoms with Gasteiger partial charge in [-0.3, -0.25) is 9.59 Å². The fraction of sp³-hybridized carbons (Fsp3) is 0.574. The largest absolute Gasteiger partial charge is 0.545 e. The summed E-state index contributed by atoms with van der Waals surface area (Å²) in [4.78, 5) is 37.3. The molecule has 0 aliphatic carbocycles. The molecule has 9 heteroatoms. The molecule has 0 aliphatic rings. The van der Waals surface area contributed by atoms with Crippen LogP contribution in [-0.2, 0) is 33.3 Å². The Morgan fingerprint density at radius 2 is 0.701 bits per heavy atom. The van der Waals surface area contributed by atoms with Gasteiger partial charge in [0.2, 0.25) is 0 Å². The zero-order chi connectivity index (χ0) is 56.2. The molecule has 0 aromatic heterocycles. The molecule has 0 amide bonds. The first kappa shape index (κ1) is 71.9. The van der Waals surface area contributed by atoms with Gasteiger partial charge < -0.3 is 33.3 Å². The Morgan fingerprint density at radius 3 is 1.04 bits per heavy atom. The maximum atomic E-state index is 12.9. The Bertz CT molecular complexity index is 1810. The number of likely N-dealkylation sites (N-methyl/N-ethyl adjacent to an activating group) is 1. The number of aliphatic carboxylic acids is 1. The average Bonchev–Trinajstić information content (AvgIpc) is 3.40. The number of allylic oxidation sites excluding steroid dienone is 26. The Morgan fingerprint density at radius 1 is 0.390 bits per heavy atom. The van der Waals surface area contributed by atoms with Crippen LogP contribution in [0.5, 0.6) is 0 Å². The lowest BCUT2D eigenvalue weighted by atomic mass is 10.1. The number of carbonyl (C=O) groups is 3. The minimum atomic E-state index is -1.64. The zero-order valence-electron chi connectivity index (χ0n) is 49.0. The van der Waals surface area contributed by atoms with Crippen LogP contribution in [0.3, 0.4) is 0 Å². The molecular weight excluding hydrogens is 959 g/mol. The van der Waals surface area contributed by atoms with E-state index in [2.05, 4.69) is 172 Å². The molecule has 432 valence electrons. The minimum Gasteiger partial charge on any atom is -0.545 e. The molecule has 2 unspecified atom stereocenters. The fourth-order valence-electron chi connectivity index (χ4n) is 7.28. The van der Waals surface area contributed by atoms with Crippen molar-refractivity contribution in [2.24, 2.45) is 0 Å². The number of unbranched alkanes of at least 4 members (excludes halogenated alkanes) is 11. The van der Waals surface area contributed by atoms with Crippen LogP contribution >= 0.6 is 0 Å². The predicted molar refractivity (Wildman–Crippen MR) is 324 cm³/mol. The van der Waals surface area contributed by atoms with E-state index in [1.165, 1.54) is 12.8 Å². The van der Waals surface area contributed by atoms with Gasteiger partial charge >= 0.3 is 11.9 Å². The van der Waals surface area contributed by atoms with E-state index < -0.39 is 30.3 Å². The second-order valence-electron chi connectivity index (χ2n) is 20.2. The molecule has 0 heterocycles. The third-order valence-electron chi connectivity index (χ3n) is 11.8. The highest BCUT2D eigenvalue weighted by molar-refractivity contribution is 5.70. The smallest absolute Gasteiger partial charge is 0.306 e. The molecule has 0 aliphatic heterocycles. The highest BCUT2D eigenvalue weighted by Crippen LogP contribution is 2.13. The minimum absolute atomic E-state index is 0.131. The zero-order valence-corrected chi connectivity index (χ0v) is 49.0. The maximum Gasteiger partial charge on any atom is 0.306 e. The van der Waals surface area contributed by atoms with E-state index in [0.29, 0.717) is 23.9 Å². The number of carboxylic acids is 1. The van der Waals surface area contributed by atoms with Crippen molar-refractivity contribution in [3.05, 3.63) is 158 Å². The van der Waals surface area contributed by atoms with Gasteiger partial charge in [0, 0.05) is 12.8 Å². The number of quaternary nitrogens is 1. The van der Waals surface area contributed by atoms with Gasteiger partial charge in [-0.25, -0.2) is 0 Å². The molecule has 0 saturated heterocycles. The monoisotopic (exact) mass is 1070 g/mol. The quantitative estimate of drug-likeness (QED) is 0.0195. The average molecular weight is 1070 g/mol. The standard InChI is InChI=1S/C68H107NO8/c1-6-8-10-12-14-16-18-20-22-24-26-28-30-31-32-33-34-35-37-39-41-43-45-47-49-51-53-55-57-59-66(71)77-64(63-76-68(67(72)73)74-61-60-69(3,4)5)62-75-65(70)58-56-54-52-50-48-46-44-42-40-38-36-29-27-25-23-21-19-17-15-13-11-9-7-2/h8-11,14-17,20-23,26-29,31-32,34-35,38-41,44,46,64,68H,6-7,12-13,18-19,24-25,30,33,36-37,42-43,45,47-63H2,1-5H3/b10-8-,11-9-,16-14-,17-15-,22-20-,23-21-,28-26-,29-27-,32-31-,35-34-,40-38-,41-39-,46-44-. The highest BCUT2D eigenvalue weighted by atomic mass is 16.7. The van der Waals surface area contributed by atoms with E-state index in [-0.39, 0.29) is 32.7 Å². The first-order valence-electron chi connectivity index (χ1n) is 29.6. The van der Waals surface area contributed by atoms with Crippen molar-refractivity contribution in [1.82, 2.24) is 0 Å². The second kappa shape index (κ2) is 57.1. The number of carboxylic acid groups (broad SMARTS) is 1. The van der Waals surface area contributed by atoms with Crippen molar-refractivity contribution in [2.75, 3.05) is 47.5 Å². The number of carbonyl (C=O) groups excluding carboxylic acids is 3. The van der Waals surface area contributed by atoms with Crippen LogP contribution in [0.4, 0.5) is 0 Å². The SMILES string of the molecule is CC/C=C\C/C=C\C/C=C\C/C=C\C/C=C\C/C=C\C/C=C\CCCCCCCCCC(=O)OC(COC(=O)CCCCCC/C=C\C/C=C\C/C=C\C/C=C\C/C=C\C/C=C\CC)COC(OCC[N+](C)(C)C)C(=O)[O-]. The van der Waals surface area contributed by atoms with Gasteiger partial charge in [-0.2, -0.15) is 0 Å². The van der Waals surface area contributed by atoms with Crippen molar-refractivity contribution in [3.63, 3.8) is 0 Å². The van der Waals surface area contributed by atoms with Crippen molar-refractivity contribution in [1.29, 1.82) is 0 Å². The molecule has 0 radical (unpaired) electrons. The third-order valence-corrected chi connectivity index (χ3v) is 11.8. The van der Waals surface area contributed by atoms with Crippen molar-refractivity contribution < 1.29 is 42.9 Å². The number of esters is 2. The van der Waals surface area contributed by atoms with E-state index >= 15 is 0 Å². The molecule has 0 N–H and O–H groups in total. The first-order chi connectivity index (χ1) is 37.6. The summed E-state index contributed by atoms with van der Waals surface area (Å²) >= 11 is 0. The van der Waals surface area contributed by atoms with E-state index in [4.69, 9.17) is 18.9 Å². The maximum absolute atomic E-state index is 12.9. The summed E-state index contributed by atoms with van der Waals surface area (Å²) in [5.41, 5.74) is 0. The topological polar surface area (TPSA) is 111 Å². The Labute approximate surface area is 470 Å².